The van der Waals surface area contributed by atoms with Crippen molar-refractivity contribution in [2.24, 2.45) is 0 Å². The number of piperidine rings is 1. The number of ether oxygens (including phenoxy) is 3. The summed E-state index contributed by atoms with van der Waals surface area (Å²) in [5.74, 6) is 0.735. The zero-order valence-corrected chi connectivity index (χ0v) is 18.1. The third-order valence-electron chi connectivity index (χ3n) is 5.90. The molecule has 7 heteroatoms. The number of nitrogens with one attached hydrogen (secondary N) is 1. The fourth-order valence-electron chi connectivity index (χ4n) is 3.98. The van der Waals surface area contributed by atoms with Crippen LogP contribution in [0.3, 0.4) is 0 Å². The molecule has 2 fully saturated rings. The second kappa shape index (κ2) is 11.3. The van der Waals surface area contributed by atoms with E-state index in [1.165, 1.54) is 0 Å². The number of rotatable bonds is 8. The predicted octanol–water partition coefficient (Wildman–Crippen LogP) is 2.32. The van der Waals surface area contributed by atoms with Crippen LogP contribution < -0.4 is 10.1 Å². The second-order valence-electron chi connectivity index (χ2n) is 8.12. The van der Waals surface area contributed by atoms with Crippen LogP contribution in [0.2, 0.25) is 0 Å². The fourth-order valence-corrected chi connectivity index (χ4v) is 3.98. The Labute approximate surface area is 179 Å². The smallest absolute Gasteiger partial charge is 0.249 e. The van der Waals surface area contributed by atoms with E-state index in [4.69, 9.17) is 14.2 Å². The lowest BCUT2D eigenvalue weighted by atomic mass is 10.0. The lowest BCUT2D eigenvalue weighted by Crippen LogP contribution is -2.49. The van der Waals surface area contributed by atoms with Crippen molar-refractivity contribution in [3.05, 3.63) is 29.8 Å². The number of hydrogen-bond acceptors (Lipinski definition) is 5. The summed E-state index contributed by atoms with van der Waals surface area (Å²) in [6.45, 7) is 4.31. The topological polar surface area (TPSA) is 77.1 Å². The molecule has 166 valence electrons. The molecule has 2 saturated heterocycles. The first-order chi connectivity index (χ1) is 14.6. The van der Waals surface area contributed by atoms with Gasteiger partial charge in [0.15, 0.2) is 0 Å². The van der Waals surface area contributed by atoms with Gasteiger partial charge < -0.3 is 24.4 Å². The zero-order valence-electron chi connectivity index (χ0n) is 18.1. The van der Waals surface area contributed by atoms with E-state index in [1.807, 2.05) is 29.2 Å². The van der Waals surface area contributed by atoms with E-state index < -0.39 is 6.10 Å². The Bertz CT molecular complexity index is 697. The third-order valence-corrected chi connectivity index (χ3v) is 5.90. The van der Waals surface area contributed by atoms with Gasteiger partial charge in [0.2, 0.25) is 11.8 Å². The van der Waals surface area contributed by atoms with Crippen molar-refractivity contribution in [2.75, 3.05) is 33.4 Å². The molecule has 0 spiro atoms. The van der Waals surface area contributed by atoms with Gasteiger partial charge in [-0.3, -0.25) is 9.59 Å². The van der Waals surface area contributed by atoms with Crippen LogP contribution in [-0.2, 0) is 25.5 Å². The normalized spacial score (nSPS) is 21.1. The van der Waals surface area contributed by atoms with E-state index in [2.05, 4.69) is 5.32 Å². The molecule has 0 aromatic heterocycles. The van der Waals surface area contributed by atoms with Crippen LogP contribution in [0.15, 0.2) is 24.3 Å². The SMILES string of the molecule is COc1ccccc1CC(=O)N1CCC(NC(=O)C(C)OCC2CCCCO2)CC1. The molecule has 2 atom stereocenters. The maximum absolute atomic E-state index is 12.7. The Morgan fingerprint density at radius 2 is 1.97 bits per heavy atom. The molecule has 0 bridgehead atoms. The van der Waals surface area contributed by atoms with Gasteiger partial charge in [0.1, 0.15) is 11.9 Å². The highest BCUT2D eigenvalue weighted by Gasteiger charge is 2.26. The van der Waals surface area contributed by atoms with Gasteiger partial charge in [-0.1, -0.05) is 18.2 Å². The number of carbonyl (C=O) groups is 2. The molecule has 0 saturated carbocycles. The van der Waals surface area contributed by atoms with Gasteiger partial charge in [-0.15, -0.1) is 0 Å². The average Bonchev–Trinajstić information content (AvgIpc) is 2.79. The van der Waals surface area contributed by atoms with E-state index in [1.54, 1.807) is 14.0 Å². The molecule has 2 aliphatic heterocycles. The first-order valence-corrected chi connectivity index (χ1v) is 11.0. The summed E-state index contributed by atoms with van der Waals surface area (Å²) in [5, 5.41) is 3.07. The van der Waals surface area contributed by atoms with Crippen molar-refractivity contribution in [1.82, 2.24) is 10.2 Å². The molecule has 1 aromatic carbocycles. The summed E-state index contributed by atoms with van der Waals surface area (Å²) in [5.41, 5.74) is 0.897. The maximum Gasteiger partial charge on any atom is 0.249 e. The number of hydrogen-bond donors (Lipinski definition) is 1. The molecule has 0 radical (unpaired) electrons. The Morgan fingerprint density at radius 3 is 2.67 bits per heavy atom. The standard InChI is InChI=1S/C23H34N2O5/c1-17(30-16-20-8-5-6-14-29-20)23(27)24-19-10-12-25(13-11-19)22(26)15-18-7-3-4-9-21(18)28-2/h3-4,7,9,17,19-20H,5-6,8,10-16H2,1-2H3,(H,24,27). The van der Waals surface area contributed by atoms with Crippen molar-refractivity contribution >= 4 is 11.8 Å². The number of carbonyl (C=O) groups excluding carboxylic acids is 2. The quantitative estimate of drug-likeness (QED) is 0.701. The minimum Gasteiger partial charge on any atom is -0.496 e. The summed E-state index contributed by atoms with van der Waals surface area (Å²) in [4.78, 5) is 27.0. The molecular weight excluding hydrogens is 384 g/mol. The molecule has 2 amide bonds. The Morgan fingerprint density at radius 1 is 1.20 bits per heavy atom. The van der Waals surface area contributed by atoms with Crippen LogP contribution in [0, 0.1) is 0 Å². The fraction of sp³-hybridized carbons (Fsp3) is 0.652. The lowest BCUT2D eigenvalue weighted by molar-refractivity contribution is -0.136. The van der Waals surface area contributed by atoms with E-state index in [0.717, 1.165) is 50.0 Å². The maximum atomic E-state index is 12.7. The molecule has 3 rings (SSSR count). The van der Waals surface area contributed by atoms with Gasteiger partial charge in [0.05, 0.1) is 26.2 Å². The molecular formula is C23H34N2O5. The summed E-state index contributed by atoms with van der Waals surface area (Å²) in [6, 6.07) is 7.67. The van der Waals surface area contributed by atoms with E-state index in [0.29, 0.717) is 26.1 Å². The van der Waals surface area contributed by atoms with E-state index >= 15 is 0 Å². The number of nitrogens with zero attached hydrogens (tertiary/aromatic N) is 1. The number of amides is 2. The van der Waals surface area contributed by atoms with Gasteiger partial charge in [-0.2, -0.15) is 0 Å². The van der Waals surface area contributed by atoms with Crippen LogP contribution in [0.4, 0.5) is 0 Å². The van der Waals surface area contributed by atoms with Crippen LogP contribution >= 0.6 is 0 Å². The number of benzene rings is 1. The molecule has 2 aliphatic rings. The van der Waals surface area contributed by atoms with Crippen molar-refractivity contribution < 1.29 is 23.8 Å². The molecule has 2 unspecified atom stereocenters. The van der Waals surface area contributed by atoms with Gasteiger partial charge in [0, 0.05) is 31.3 Å². The summed E-state index contributed by atoms with van der Waals surface area (Å²) in [6.07, 6.45) is 4.69. The van der Waals surface area contributed by atoms with E-state index in [-0.39, 0.29) is 24.0 Å². The zero-order chi connectivity index (χ0) is 21.3. The average molecular weight is 419 g/mol. The number of para-hydroxylation sites is 1. The lowest BCUT2D eigenvalue weighted by Gasteiger charge is -2.33. The highest BCUT2D eigenvalue weighted by molar-refractivity contribution is 5.81. The minimum absolute atomic E-state index is 0.0739. The first kappa shape index (κ1) is 22.6. The van der Waals surface area contributed by atoms with Gasteiger partial charge in [-0.25, -0.2) is 0 Å². The van der Waals surface area contributed by atoms with Gasteiger partial charge in [0.25, 0.3) is 0 Å². The Hall–Kier alpha value is -2.12. The van der Waals surface area contributed by atoms with Crippen molar-refractivity contribution in [3.8, 4) is 5.75 Å². The summed E-state index contributed by atoms with van der Waals surface area (Å²) in [7, 11) is 1.62. The largest absolute Gasteiger partial charge is 0.496 e. The molecule has 0 aliphatic carbocycles. The third kappa shape index (κ3) is 6.44. The molecule has 30 heavy (non-hydrogen) atoms. The van der Waals surface area contributed by atoms with Crippen molar-refractivity contribution in [2.45, 2.75) is 63.7 Å². The summed E-state index contributed by atoms with van der Waals surface area (Å²) >= 11 is 0. The Balaban J connectivity index is 1.38. The van der Waals surface area contributed by atoms with Crippen LogP contribution in [0.1, 0.15) is 44.6 Å². The monoisotopic (exact) mass is 418 g/mol. The highest BCUT2D eigenvalue weighted by atomic mass is 16.5. The number of likely N-dealkylation sites (tertiary alicyclic amines) is 1. The molecule has 2 heterocycles. The van der Waals surface area contributed by atoms with Gasteiger partial charge in [-0.05, 0) is 45.1 Å². The first-order valence-electron chi connectivity index (χ1n) is 11.0. The molecule has 7 nitrogen and oxygen atoms in total. The van der Waals surface area contributed by atoms with Crippen LogP contribution in [0.25, 0.3) is 0 Å². The van der Waals surface area contributed by atoms with Gasteiger partial charge >= 0.3 is 0 Å². The van der Waals surface area contributed by atoms with Crippen molar-refractivity contribution in [1.29, 1.82) is 0 Å². The van der Waals surface area contributed by atoms with Crippen LogP contribution in [-0.4, -0.2) is 68.4 Å². The molecule has 1 N–H and O–H groups in total. The minimum atomic E-state index is -0.499. The predicted molar refractivity (Wildman–Crippen MR) is 113 cm³/mol. The van der Waals surface area contributed by atoms with Crippen LogP contribution in [0.5, 0.6) is 5.75 Å². The highest BCUT2D eigenvalue weighted by Crippen LogP contribution is 2.20. The second-order valence-corrected chi connectivity index (χ2v) is 8.12. The van der Waals surface area contributed by atoms with Crippen molar-refractivity contribution in [3.63, 3.8) is 0 Å². The number of methoxy groups -OCH3 is 1. The Kier molecular flexibility index (Phi) is 8.51. The van der Waals surface area contributed by atoms with E-state index in [9.17, 15) is 9.59 Å². The summed E-state index contributed by atoms with van der Waals surface area (Å²) < 4.78 is 16.7. The molecule has 1 aromatic rings.